The van der Waals surface area contributed by atoms with Gasteiger partial charge in [-0.15, -0.1) is 0 Å². The quantitative estimate of drug-likeness (QED) is 0.838. The number of nitrogens with one attached hydrogen (secondary N) is 1. The smallest absolute Gasteiger partial charge is 0.251 e. The van der Waals surface area contributed by atoms with Crippen molar-refractivity contribution in [2.45, 2.75) is 19.3 Å². The second kappa shape index (κ2) is 6.68. The fraction of sp³-hybridized carbons (Fsp3) is 0.417. The van der Waals surface area contributed by atoms with Crippen LogP contribution in [0.1, 0.15) is 17.3 Å². The van der Waals surface area contributed by atoms with Crippen molar-refractivity contribution in [2.24, 2.45) is 0 Å². The molecule has 4 nitrogen and oxygen atoms in total. The Morgan fingerprint density at radius 1 is 1.39 bits per heavy atom. The largest absolute Gasteiger partial charge is 0.354 e. The van der Waals surface area contributed by atoms with Gasteiger partial charge in [0.05, 0.1) is 11.1 Å². The van der Waals surface area contributed by atoms with Gasteiger partial charge in [-0.2, -0.15) is 0 Å². The summed E-state index contributed by atoms with van der Waals surface area (Å²) in [6.45, 7) is 1.74. The zero-order valence-corrected chi connectivity index (χ0v) is 11.1. The molecule has 1 atom stereocenters. The third kappa shape index (κ3) is 3.66. The zero-order chi connectivity index (χ0) is 13.7. The first kappa shape index (κ1) is 14.9. The van der Waals surface area contributed by atoms with Crippen LogP contribution < -0.4 is 5.32 Å². The van der Waals surface area contributed by atoms with Crippen molar-refractivity contribution < 1.29 is 18.7 Å². The van der Waals surface area contributed by atoms with Crippen LogP contribution in [0.3, 0.4) is 0 Å². The number of ether oxygens (including phenoxy) is 2. The maximum Gasteiger partial charge on any atom is 0.251 e. The highest BCUT2D eigenvalue weighted by Gasteiger charge is 2.19. The van der Waals surface area contributed by atoms with E-state index in [4.69, 9.17) is 21.1 Å². The highest BCUT2D eigenvalue weighted by atomic mass is 35.5. The minimum absolute atomic E-state index is 0.0923. The number of amides is 1. The first-order valence-corrected chi connectivity index (χ1v) is 5.69. The Morgan fingerprint density at radius 3 is 2.50 bits per heavy atom. The molecule has 0 aliphatic heterocycles. The maximum absolute atomic E-state index is 13.0. The van der Waals surface area contributed by atoms with E-state index < -0.39 is 12.1 Å². The van der Waals surface area contributed by atoms with Crippen molar-refractivity contribution in [2.75, 3.05) is 14.2 Å². The lowest BCUT2D eigenvalue weighted by atomic mass is 10.2. The van der Waals surface area contributed by atoms with Crippen molar-refractivity contribution in [1.82, 2.24) is 5.32 Å². The number of halogens is 2. The fourth-order valence-electron chi connectivity index (χ4n) is 1.50. The minimum atomic E-state index is -0.562. The normalized spacial score (nSPS) is 12.6. The summed E-state index contributed by atoms with van der Waals surface area (Å²) in [7, 11) is 2.96. The van der Waals surface area contributed by atoms with Gasteiger partial charge in [-0.05, 0) is 25.1 Å². The maximum atomic E-state index is 13.0. The Kier molecular flexibility index (Phi) is 5.53. The number of rotatable bonds is 5. The van der Waals surface area contributed by atoms with E-state index in [1.165, 1.54) is 26.4 Å². The third-order valence-electron chi connectivity index (χ3n) is 2.41. The van der Waals surface area contributed by atoms with Crippen LogP contribution >= 0.6 is 11.6 Å². The molecule has 6 heteroatoms. The van der Waals surface area contributed by atoms with Crippen molar-refractivity contribution in [3.8, 4) is 0 Å². The molecule has 1 N–H and O–H groups in total. The molecule has 1 rings (SSSR count). The minimum Gasteiger partial charge on any atom is -0.354 e. The van der Waals surface area contributed by atoms with Crippen molar-refractivity contribution in [3.63, 3.8) is 0 Å². The highest BCUT2D eigenvalue weighted by molar-refractivity contribution is 6.31. The summed E-state index contributed by atoms with van der Waals surface area (Å²) in [4.78, 5) is 11.9. The van der Waals surface area contributed by atoms with E-state index in [2.05, 4.69) is 5.32 Å². The molecule has 0 saturated heterocycles. The van der Waals surface area contributed by atoms with Gasteiger partial charge < -0.3 is 14.8 Å². The summed E-state index contributed by atoms with van der Waals surface area (Å²) in [5.74, 6) is -0.934. The second-order valence-corrected chi connectivity index (χ2v) is 4.14. The summed E-state index contributed by atoms with van der Waals surface area (Å²) in [6, 6.07) is 3.42. The van der Waals surface area contributed by atoms with Gasteiger partial charge in [0.2, 0.25) is 0 Å². The first-order chi connectivity index (χ1) is 8.49. The lowest BCUT2D eigenvalue weighted by Gasteiger charge is -2.22. The predicted molar refractivity (Wildman–Crippen MR) is 66.1 cm³/mol. The van der Waals surface area contributed by atoms with Crippen LogP contribution in [-0.4, -0.2) is 32.5 Å². The van der Waals surface area contributed by atoms with Gasteiger partial charge in [0.15, 0.2) is 6.29 Å². The Bertz CT molecular complexity index is 424. The molecule has 0 spiro atoms. The molecule has 100 valence electrons. The van der Waals surface area contributed by atoms with E-state index in [1.807, 2.05) is 0 Å². The van der Waals surface area contributed by atoms with Crippen LogP contribution in [0, 0.1) is 5.82 Å². The molecule has 0 fully saturated rings. The van der Waals surface area contributed by atoms with Crippen LogP contribution in [0.4, 0.5) is 4.39 Å². The van der Waals surface area contributed by atoms with Gasteiger partial charge in [-0.1, -0.05) is 11.6 Å². The average molecular weight is 276 g/mol. The van der Waals surface area contributed by atoms with Gasteiger partial charge in [-0.25, -0.2) is 4.39 Å². The van der Waals surface area contributed by atoms with E-state index in [-0.39, 0.29) is 22.5 Å². The Balaban J connectivity index is 2.73. The van der Waals surface area contributed by atoms with Gasteiger partial charge in [0.25, 0.3) is 5.91 Å². The molecule has 1 amide bonds. The van der Waals surface area contributed by atoms with Gasteiger partial charge in [0, 0.05) is 19.8 Å². The summed E-state index contributed by atoms with van der Waals surface area (Å²) < 4.78 is 23.0. The highest BCUT2D eigenvalue weighted by Crippen LogP contribution is 2.16. The molecule has 1 aromatic rings. The third-order valence-corrected chi connectivity index (χ3v) is 2.70. The molecule has 0 heterocycles. The van der Waals surface area contributed by atoms with Crippen LogP contribution in [0.15, 0.2) is 18.2 Å². The zero-order valence-electron chi connectivity index (χ0n) is 10.4. The molecule has 0 bridgehead atoms. The molecule has 18 heavy (non-hydrogen) atoms. The number of hydrogen-bond donors (Lipinski definition) is 1. The molecule has 0 aliphatic carbocycles. The number of carbonyl (C=O) groups is 1. The molecule has 0 radical (unpaired) electrons. The van der Waals surface area contributed by atoms with Gasteiger partial charge in [-0.3, -0.25) is 4.79 Å². The van der Waals surface area contributed by atoms with Crippen molar-refractivity contribution >= 4 is 17.5 Å². The summed E-state index contributed by atoms with van der Waals surface area (Å²) in [5, 5.41) is 2.58. The lowest BCUT2D eigenvalue weighted by Crippen LogP contribution is -2.42. The van der Waals surface area contributed by atoms with E-state index in [0.29, 0.717) is 0 Å². The predicted octanol–water partition coefficient (Wildman–Crippen LogP) is 2.22. The summed E-state index contributed by atoms with van der Waals surface area (Å²) >= 11 is 5.61. The monoisotopic (exact) mass is 275 g/mol. The number of methoxy groups -OCH3 is 2. The van der Waals surface area contributed by atoms with Crippen LogP contribution in [0.25, 0.3) is 0 Å². The average Bonchev–Trinajstić information content (AvgIpc) is 2.34. The Hall–Kier alpha value is -1.17. The SMILES string of the molecule is COC(OC)C(C)NC(=O)c1ccc(F)c(Cl)c1. The topological polar surface area (TPSA) is 47.6 Å². The fourth-order valence-corrected chi connectivity index (χ4v) is 1.68. The molecule has 1 aromatic carbocycles. The molecule has 0 aliphatic rings. The molecule has 0 aromatic heterocycles. The standard InChI is InChI=1S/C12H15ClFNO3/c1-7(12(17-2)18-3)15-11(16)8-4-5-10(14)9(13)6-8/h4-7,12H,1-3H3,(H,15,16). The molecular formula is C12H15ClFNO3. The van der Waals surface area contributed by atoms with E-state index in [9.17, 15) is 9.18 Å². The first-order valence-electron chi connectivity index (χ1n) is 5.31. The second-order valence-electron chi connectivity index (χ2n) is 3.73. The molecular weight excluding hydrogens is 261 g/mol. The summed E-state index contributed by atoms with van der Waals surface area (Å²) in [5.41, 5.74) is 0.277. The molecule has 1 unspecified atom stereocenters. The van der Waals surface area contributed by atoms with E-state index >= 15 is 0 Å². The van der Waals surface area contributed by atoms with E-state index in [0.717, 1.165) is 6.07 Å². The van der Waals surface area contributed by atoms with Crippen LogP contribution in [-0.2, 0) is 9.47 Å². The number of hydrogen-bond acceptors (Lipinski definition) is 3. The van der Waals surface area contributed by atoms with Crippen LogP contribution in [0.2, 0.25) is 5.02 Å². The van der Waals surface area contributed by atoms with Crippen molar-refractivity contribution in [3.05, 3.63) is 34.6 Å². The number of carbonyl (C=O) groups excluding carboxylic acids is 1. The van der Waals surface area contributed by atoms with Gasteiger partial charge >= 0.3 is 0 Å². The van der Waals surface area contributed by atoms with Crippen molar-refractivity contribution in [1.29, 1.82) is 0 Å². The Labute approximate surface area is 110 Å². The van der Waals surface area contributed by atoms with Gasteiger partial charge in [0.1, 0.15) is 5.82 Å². The number of benzene rings is 1. The summed E-state index contributed by atoms with van der Waals surface area (Å²) in [6.07, 6.45) is -0.551. The Morgan fingerprint density at radius 2 is 2.00 bits per heavy atom. The van der Waals surface area contributed by atoms with Crippen LogP contribution in [0.5, 0.6) is 0 Å². The molecule has 0 saturated carbocycles. The lowest BCUT2D eigenvalue weighted by molar-refractivity contribution is -0.117. The van der Waals surface area contributed by atoms with E-state index in [1.54, 1.807) is 6.92 Å².